The lowest BCUT2D eigenvalue weighted by atomic mass is 10.2. The normalized spacial score (nSPS) is 12.3. The van der Waals surface area contributed by atoms with E-state index in [0.717, 1.165) is 12.2 Å². The van der Waals surface area contributed by atoms with Gasteiger partial charge in [0.05, 0.1) is 5.82 Å². The van der Waals surface area contributed by atoms with E-state index in [1.165, 1.54) is 0 Å². The Morgan fingerprint density at radius 3 is 2.70 bits per heavy atom. The molecule has 1 unspecified atom stereocenters. The molecule has 0 amide bonds. The molecule has 0 radical (unpaired) electrons. The van der Waals surface area contributed by atoms with Gasteiger partial charge in [0.25, 0.3) is 0 Å². The molecule has 0 saturated carbocycles. The topological polar surface area (TPSA) is 44.3 Å². The molecule has 0 aliphatic carbocycles. The van der Waals surface area contributed by atoms with E-state index in [-0.39, 0.29) is 12.6 Å². The van der Waals surface area contributed by atoms with Gasteiger partial charge in [-0.2, -0.15) is 0 Å². The number of hydrogen-bond acceptors (Lipinski definition) is 3. The van der Waals surface area contributed by atoms with Crippen LogP contribution >= 0.6 is 0 Å². The van der Waals surface area contributed by atoms with Crippen molar-refractivity contribution in [1.29, 1.82) is 0 Å². The predicted molar refractivity (Wildman–Crippen MR) is 42.5 cm³/mol. The molecule has 0 aromatic carbocycles. The van der Waals surface area contributed by atoms with Crippen LogP contribution in [0.4, 0.5) is 0 Å². The predicted octanol–water partition coefficient (Wildman–Crippen LogP) is 0.0375. The maximum atomic E-state index is 8.53. The smallest absolute Gasteiger partial charge is 0.0911 e. The minimum Gasteiger partial charge on any atom is -0.396 e. The molecule has 0 aromatic heterocycles. The van der Waals surface area contributed by atoms with E-state index in [9.17, 15) is 0 Å². The number of hydrogen-bond donors (Lipinski definition) is 3. The fourth-order valence-corrected chi connectivity index (χ4v) is 0.635. The van der Waals surface area contributed by atoms with Gasteiger partial charge in [0.15, 0.2) is 0 Å². The molecule has 0 spiro atoms. The molecule has 0 heterocycles. The van der Waals surface area contributed by atoms with E-state index in [1.807, 2.05) is 6.92 Å². The lowest BCUT2D eigenvalue weighted by Gasteiger charge is -2.14. The van der Waals surface area contributed by atoms with Crippen molar-refractivity contribution in [1.82, 2.24) is 10.6 Å². The lowest BCUT2D eigenvalue weighted by Crippen LogP contribution is -2.31. The van der Waals surface area contributed by atoms with Crippen molar-refractivity contribution < 1.29 is 5.11 Å². The molecule has 0 aliphatic heterocycles. The summed E-state index contributed by atoms with van der Waals surface area (Å²) in [4.78, 5) is 0. The Kier molecular flexibility index (Phi) is 4.76. The molecule has 60 valence electrons. The van der Waals surface area contributed by atoms with Crippen molar-refractivity contribution in [2.24, 2.45) is 0 Å². The summed E-state index contributed by atoms with van der Waals surface area (Å²) < 4.78 is 0. The van der Waals surface area contributed by atoms with Crippen LogP contribution in [-0.2, 0) is 0 Å². The van der Waals surface area contributed by atoms with E-state index in [1.54, 1.807) is 7.05 Å². The van der Waals surface area contributed by atoms with Crippen LogP contribution < -0.4 is 10.6 Å². The van der Waals surface area contributed by atoms with Gasteiger partial charge in [0, 0.05) is 19.7 Å². The van der Waals surface area contributed by atoms with Crippen molar-refractivity contribution >= 4 is 0 Å². The van der Waals surface area contributed by atoms with Crippen LogP contribution in [0.5, 0.6) is 0 Å². The number of aliphatic hydroxyl groups is 1. The second kappa shape index (κ2) is 5.11. The number of aliphatic hydroxyl groups excluding tert-OH is 1. The van der Waals surface area contributed by atoms with Gasteiger partial charge in [-0.1, -0.05) is 6.58 Å². The Morgan fingerprint density at radius 1 is 1.70 bits per heavy atom. The second-order valence-electron chi connectivity index (χ2n) is 2.29. The molecule has 0 rings (SSSR count). The van der Waals surface area contributed by atoms with Gasteiger partial charge in [-0.25, -0.2) is 0 Å². The molecular formula is C7H16N2O. The Bertz CT molecular complexity index is 104. The molecule has 0 bridgehead atoms. The molecule has 3 heteroatoms. The maximum Gasteiger partial charge on any atom is 0.0911 e. The first-order chi connectivity index (χ1) is 4.70. The second-order valence-corrected chi connectivity index (χ2v) is 2.29. The zero-order chi connectivity index (χ0) is 7.98. The van der Waals surface area contributed by atoms with Crippen LogP contribution in [0.3, 0.4) is 0 Å². The average Bonchev–Trinajstić information content (AvgIpc) is 1.88. The quantitative estimate of drug-likeness (QED) is 0.510. The first-order valence-corrected chi connectivity index (χ1v) is 3.44. The molecule has 1 atom stereocenters. The Labute approximate surface area is 62.1 Å². The molecule has 3 nitrogen and oxygen atoms in total. The van der Waals surface area contributed by atoms with E-state index < -0.39 is 0 Å². The van der Waals surface area contributed by atoms with Crippen LogP contribution in [-0.4, -0.2) is 24.8 Å². The van der Waals surface area contributed by atoms with E-state index in [0.29, 0.717) is 0 Å². The van der Waals surface area contributed by atoms with Crippen molar-refractivity contribution in [2.45, 2.75) is 19.4 Å². The average molecular weight is 144 g/mol. The molecular weight excluding hydrogens is 128 g/mol. The maximum absolute atomic E-state index is 8.53. The summed E-state index contributed by atoms with van der Waals surface area (Å²) in [5, 5.41) is 14.5. The molecule has 10 heavy (non-hydrogen) atoms. The van der Waals surface area contributed by atoms with E-state index in [2.05, 4.69) is 17.2 Å². The largest absolute Gasteiger partial charge is 0.396 e. The molecule has 3 N–H and O–H groups in total. The van der Waals surface area contributed by atoms with Gasteiger partial charge in [0.2, 0.25) is 0 Å². The molecule has 0 saturated heterocycles. The summed E-state index contributed by atoms with van der Waals surface area (Å²) in [6.07, 6.45) is 0.751. The van der Waals surface area contributed by atoms with Crippen LogP contribution in [0.1, 0.15) is 13.3 Å². The highest BCUT2D eigenvalue weighted by Crippen LogP contribution is 1.89. The summed E-state index contributed by atoms with van der Waals surface area (Å²) in [6, 6.07) is 0.282. The highest BCUT2D eigenvalue weighted by atomic mass is 16.3. The first-order valence-electron chi connectivity index (χ1n) is 3.44. The third-order valence-corrected chi connectivity index (χ3v) is 1.28. The number of nitrogens with one attached hydrogen (secondary N) is 2. The fourth-order valence-electron chi connectivity index (χ4n) is 0.635. The van der Waals surface area contributed by atoms with Crippen molar-refractivity contribution in [3.8, 4) is 0 Å². The monoisotopic (exact) mass is 144 g/mol. The van der Waals surface area contributed by atoms with Crippen LogP contribution in [0, 0.1) is 0 Å². The zero-order valence-corrected chi connectivity index (χ0v) is 6.65. The third kappa shape index (κ3) is 4.21. The molecule has 0 aromatic rings. The summed E-state index contributed by atoms with van der Waals surface area (Å²) >= 11 is 0. The van der Waals surface area contributed by atoms with Gasteiger partial charge >= 0.3 is 0 Å². The first kappa shape index (κ1) is 9.30. The minimum atomic E-state index is 0.213. The van der Waals surface area contributed by atoms with Gasteiger partial charge in [0.1, 0.15) is 0 Å². The number of rotatable bonds is 5. The van der Waals surface area contributed by atoms with Crippen molar-refractivity contribution in [3.63, 3.8) is 0 Å². The minimum absolute atomic E-state index is 0.213. The van der Waals surface area contributed by atoms with Gasteiger partial charge in [-0.3, -0.25) is 0 Å². The fraction of sp³-hybridized carbons (Fsp3) is 0.714. The molecule has 0 aliphatic rings. The third-order valence-electron chi connectivity index (χ3n) is 1.28. The van der Waals surface area contributed by atoms with Crippen molar-refractivity contribution in [2.75, 3.05) is 13.7 Å². The summed E-state index contributed by atoms with van der Waals surface area (Å²) in [5.41, 5.74) is 0. The van der Waals surface area contributed by atoms with Crippen LogP contribution in [0.2, 0.25) is 0 Å². The van der Waals surface area contributed by atoms with Gasteiger partial charge in [-0.05, 0) is 13.3 Å². The van der Waals surface area contributed by atoms with Gasteiger partial charge < -0.3 is 15.7 Å². The Hall–Kier alpha value is -0.700. The summed E-state index contributed by atoms with van der Waals surface area (Å²) in [6.45, 7) is 5.90. The van der Waals surface area contributed by atoms with Crippen LogP contribution in [0.15, 0.2) is 12.4 Å². The highest BCUT2D eigenvalue weighted by molar-refractivity contribution is 4.88. The van der Waals surface area contributed by atoms with Crippen LogP contribution in [0.25, 0.3) is 0 Å². The summed E-state index contributed by atoms with van der Waals surface area (Å²) in [5.74, 6) is 0.793. The Balaban J connectivity index is 3.37. The highest BCUT2D eigenvalue weighted by Gasteiger charge is 1.98. The Morgan fingerprint density at radius 2 is 2.30 bits per heavy atom. The SMILES string of the molecule is C=C(NC)NC(C)CCO. The van der Waals surface area contributed by atoms with E-state index >= 15 is 0 Å². The van der Waals surface area contributed by atoms with E-state index in [4.69, 9.17) is 5.11 Å². The summed E-state index contributed by atoms with van der Waals surface area (Å²) in [7, 11) is 1.81. The van der Waals surface area contributed by atoms with Gasteiger partial charge in [-0.15, -0.1) is 0 Å². The zero-order valence-electron chi connectivity index (χ0n) is 6.65. The molecule has 0 fully saturated rings. The standard InChI is InChI=1S/C7H16N2O/c1-6(4-5-10)9-7(2)8-3/h6,8-10H,2,4-5H2,1,3H3. The lowest BCUT2D eigenvalue weighted by molar-refractivity contribution is 0.272. The van der Waals surface area contributed by atoms with Crippen molar-refractivity contribution in [3.05, 3.63) is 12.4 Å².